The fourth-order valence-electron chi connectivity index (χ4n) is 1.65. The highest BCUT2D eigenvalue weighted by atomic mass is 79.9. The summed E-state index contributed by atoms with van der Waals surface area (Å²) in [6, 6.07) is 12.1. The van der Waals surface area contributed by atoms with Gasteiger partial charge in [-0.25, -0.2) is 9.13 Å². The van der Waals surface area contributed by atoms with Crippen LogP contribution < -0.4 is 43.1 Å². The van der Waals surface area contributed by atoms with Gasteiger partial charge in [-0.2, -0.15) is 0 Å². The maximum Gasteiger partial charge on any atom is 0.168 e. The van der Waals surface area contributed by atoms with Gasteiger partial charge < -0.3 is 34.0 Å². The van der Waals surface area contributed by atoms with Gasteiger partial charge in [0.2, 0.25) is 0 Å². The quantitative estimate of drug-likeness (QED) is 0.317. The zero-order valence-corrected chi connectivity index (χ0v) is 17.1. The van der Waals surface area contributed by atoms with Crippen molar-refractivity contribution in [2.75, 3.05) is 11.8 Å². The summed E-state index contributed by atoms with van der Waals surface area (Å²) in [5.41, 5.74) is 0. The summed E-state index contributed by atoms with van der Waals surface area (Å²) >= 11 is 11.1. The average molecular weight is 473 g/mol. The molecular formula is C16H22Br2Cl2N2. The standard InChI is InChI=1S/2C8H11ClN.2BrH/c2*9-5-4-8-10-6-2-1-3-7-10;;/h2*1-3,6-7H,4-5,8H2;2*1H/q2*+1;;/p-2. The van der Waals surface area contributed by atoms with Crippen molar-refractivity contribution in [2.45, 2.75) is 25.9 Å². The summed E-state index contributed by atoms with van der Waals surface area (Å²) in [6.07, 6.45) is 10.3. The molecule has 0 aliphatic heterocycles. The van der Waals surface area contributed by atoms with E-state index in [9.17, 15) is 0 Å². The number of halogens is 4. The third kappa shape index (κ3) is 12.4. The summed E-state index contributed by atoms with van der Waals surface area (Å²) in [4.78, 5) is 0. The van der Waals surface area contributed by atoms with Gasteiger partial charge in [0, 0.05) is 48.9 Å². The number of nitrogens with zero attached hydrogens (tertiary/aromatic N) is 2. The van der Waals surface area contributed by atoms with Gasteiger partial charge >= 0.3 is 0 Å². The molecule has 2 heterocycles. The van der Waals surface area contributed by atoms with Gasteiger partial charge in [0.15, 0.2) is 24.8 Å². The van der Waals surface area contributed by atoms with Crippen LogP contribution in [0.1, 0.15) is 12.8 Å². The van der Waals surface area contributed by atoms with E-state index >= 15 is 0 Å². The van der Waals surface area contributed by atoms with Crippen LogP contribution in [0.2, 0.25) is 0 Å². The van der Waals surface area contributed by atoms with Crippen molar-refractivity contribution >= 4 is 23.2 Å². The van der Waals surface area contributed by atoms with E-state index < -0.39 is 0 Å². The van der Waals surface area contributed by atoms with Crippen molar-refractivity contribution in [1.82, 2.24) is 0 Å². The first kappa shape index (κ1) is 24.1. The van der Waals surface area contributed by atoms with Crippen molar-refractivity contribution in [3.05, 3.63) is 61.2 Å². The number of hydrogen-bond acceptors (Lipinski definition) is 0. The minimum atomic E-state index is 0. The van der Waals surface area contributed by atoms with Crippen LogP contribution in [0.4, 0.5) is 0 Å². The Balaban J connectivity index is 0. The van der Waals surface area contributed by atoms with Crippen molar-refractivity contribution in [2.24, 2.45) is 0 Å². The Morgan fingerprint density at radius 2 is 0.864 bits per heavy atom. The van der Waals surface area contributed by atoms with Gasteiger partial charge in [0.25, 0.3) is 0 Å². The first-order chi connectivity index (χ1) is 9.86. The Labute approximate surface area is 164 Å². The Morgan fingerprint density at radius 1 is 0.545 bits per heavy atom. The lowest BCUT2D eigenvalue weighted by molar-refractivity contribution is -0.697. The zero-order chi connectivity index (χ0) is 14.5. The van der Waals surface area contributed by atoms with Gasteiger partial charge in [-0.15, -0.1) is 23.2 Å². The summed E-state index contributed by atoms with van der Waals surface area (Å²) in [5, 5.41) is 0. The average Bonchev–Trinajstić information content (AvgIpc) is 2.53. The van der Waals surface area contributed by atoms with Crippen LogP contribution in [0, 0.1) is 0 Å². The summed E-state index contributed by atoms with van der Waals surface area (Å²) in [7, 11) is 0. The number of hydrogen-bond donors (Lipinski definition) is 0. The number of aryl methyl sites for hydroxylation is 2. The van der Waals surface area contributed by atoms with Crippen LogP contribution in [-0.4, -0.2) is 11.8 Å². The predicted molar refractivity (Wildman–Crippen MR) is 83.9 cm³/mol. The first-order valence-electron chi connectivity index (χ1n) is 6.87. The topological polar surface area (TPSA) is 7.76 Å². The molecule has 0 atom stereocenters. The molecule has 0 aliphatic carbocycles. The summed E-state index contributed by atoms with van der Waals surface area (Å²) in [6.45, 7) is 2.04. The minimum Gasteiger partial charge on any atom is -1.00 e. The normalized spacial score (nSPS) is 8.82. The van der Waals surface area contributed by atoms with Gasteiger partial charge in [0.05, 0.1) is 0 Å². The molecule has 0 radical (unpaired) electrons. The van der Waals surface area contributed by atoms with Gasteiger partial charge in [-0.05, 0) is 0 Å². The minimum absolute atomic E-state index is 0. The van der Waals surface area contributed by atoms with Crippen LogP contribution in [0.15, 0.2) is 61.2 Å². The lowest BCUT2D eigenvalue weighted by Gasteiger charge is -1.90. The lowest BCUT2D eigenvalue weighted by Crippen LogP contribution is -3.00. The Bertz CT molecular complexity index is 401. The molecule has 22 heavy (non-hydrogen) atoms. The molecule has 0 saturated carbocycles. The summed E-state index contributed by atoms with van der Waals surface area (Å²) < 4.78 is 4.25. The van der Waals surface area contributed by atoms with E-state index in [0.29, 0.717) is 0 Å². The van der Waals surface area contributed by atoms with E-state index in [1.54, 1.807) is 0 Å². The Kier molecular flexibility index (Phi) is 18.8. The lowest BCUT2D eigenvalue weighted by atomic mass is 10.4. The van der Waals surface area contributed by atoms with Crippen molar-refractivity contribution < 1.29 is 43.1 Å². The van der Waals surface area contributed by atoms with Crippen LogP contribution >= 0.6 is 23.2 Å². The number of rotatable bonds is 6. The molecule has 0 fully saturated rings. The highest BCUT2D eigenvalue weighted by Crippen LogP contribution is 1.85. The fourth-order valence-corrected chi connectivity index (χ4v) is 1.89. The number of aromatic nitrogens is 2. The number of alkyl halides is 2. The van der Waals surface area contributed by atoms with E-state index in [1.807, 2.05) is 61.2 Å². The van der Waals surface area contributed by atoms with E-state index in [2.05, 4.69) is 9.13 Å². The highest BCUT2D eigenvalue weighted by molar-refractivity contribution is 6.18. The predicted octanol–water partition coefficient (Wildman–Crippen LogP) is -2.79. The summed E-state index contributed by atoms with van der Waals surface area (Å²) in [5.74, 6) is 1.48. The molecule has 0 saturated heterocycles. The third-order valence-electron chi connectivity index (χ3n) is 2.65. The molecule has 0 bridgehead atoms. The highest BCUT2D eigenvalue weighted by Gasteiger charge is 1.94. The van der Waals surface area contributed by atoms with Crippen LogP contribution in [0.5, 0.6) is 0 Å². The van der Waals surface area contributed by atoms with E-state index in [4.69, 9.17) is 23.2 Å². The second-order valence-corrected chi connectivity index (χ2v) is 5.07. The molecule has 0 aliphatic rings. The zero-order valence-electron chi connectivity index (χ0n) is 12.4. The smallest absolute Gasteiger partial charge is 0.168 e. The molecule has 0 unspecified atom stereocenters. The maximum atomic E-state index is 5.54. The van der Waals surface area contributed by atoms with Crippen molar-refractivity contribution in [3.63, 3.8) is 0 Å². The van der Waals surface area contributed by atoms with E-state index in [1.165, 1.54) is 0 Å². The first-order valence-corrected chi connectivity index (χ1v) is 7.94. The van der Waals surface area contributed by atoms with Crippen molar-refractivity contribution in [3.8, 4) is 0 Å². The largest absolute Gasteiger partial charge is 1.00 e. The van der Waals surface area contributed by atoms with Crippen molar-refractivity contribution in [1.29, 1.82) is 0 Å². The molecule has 0 amide bonds. The van der Waals surface area contributed by atoms with Crippen LogP contribution in [0.3, 0.4) is 0 Å². The molecule has 2 rings (SSSR count). The van der Waals surface area contributed by atoms with Gasteiger partial charge in [-0.3, -0.25) is 0 Å². The molecule has 0 N–H and O–H groups in total. The SMILES string of the molecule is ClCCC[n+]1ccccc1.ClCCC[n+]1ccccc1.[Br-].[Br-]. The molecule has 2 aromatic heterocycles. The Hall–Kier alpha value is -0.160. The fraction of sp³-hybridized carbons (Fsp3) is 0.375. The molecule has 0 aromatic carbocycles. The van der Waals surface area contributed by atoms with Crippen LogP contribution in [-0.2, 0) is 13.1 Å². The molecule has 124 valence electrons. The third-order valence-corrected chi connectivity index (χ3v) is 3.19. The molecule has 0 spiro atoms. The molecule has 6 heteroatoms. The molecule has 2 nitrogen and oxygen atoms in total. The van der Waals surface area contributed by atoms with Crippen LogP contribution in [0.25, 0.3) is 0 Å². The monoisotopic (exact) mass is 470 g/mol. The number of pyridine rings is 2. The van der Waals surface area contributed by atoms with E-state index in [-0.39, 0.29) is 34.0 Å². The van der Waals surface area contributed by atoms with Gasteiger partial charge in [-0.1, -0.05) is 12.1 Å². The Morgan fingerprint density at radius 3 is 1.14 bits per heavy atom. The van der Waals surface area contributed by atoms with Gasteiger partial charge in [0.1, 0.15) is 13.1 Å². The molecular weight excluding hydrogens is 451 g/mol. The maximum absolute atomic E-state index is 5.54. The molecule has 2 aromatic rings. The van der Waals surface area contributed by atoms with E-state index in [0.717, 1.165) is 37.7 Å². The second-order valence-electron chi connectivity index (χ2n) is 4.31. The second kappa shape index (κ2) is 17.2.